The molecule has 30 heavy (non-hydrogen) atoms. The van der Waals surface area contributed by atoms with Crippen LogP contribution in [0.1, 0.15) is 41.0 Å². The van der Waals surface area contributed by atoms with E-state index in [4.69, 9.17) is 0 Å². The van der Waals surface area contributed by atoms with Crippen LogP contribution in [0.3, 0.4) is 0 Å². The number of pyridine rings is 2. The maximum atomic E-state index is 12.5. The fourth-order valence-corrected chi connectivity index (χ4v) is 2.39. The first-order valence-electron chi connectivity index (χ1n) is 9.17. The van der Waals surface area contributed by atoms with Crippen molar-refractivity contribution >= 4 is 17.6 Å². The number of halogens is 3. The number of amides is 2. The maximum Gasteiger partial charge on any atom is 0.422 e. The van der Waals surface area contributed by atoms with Crippen LogP contribution < -0.4 is 15.4 Å². The average Bonchev–Trinajstić information content (AvgIpc) is 2.64. The lowest BCUT2D eigenvalue weighted by atomic mass is 10.1. The van der Waals surface area contributed by atoms with E-state index in [0.717, 1.165) is 0 Å². The Kier molecular flexibility index (Phi) is 7.36. The van der Waals surface area contributed by atoms with E-state index in [9.17, 15) is 22.8 Å². The van der Waals surface area contributed by atoms with Crippen molar-refractivity contribution in [3.05, 3.63) is 46.8 Å². The monoisotopic (exact) mass is 424 g/mol. The quantitative estimate of drug-likeness (QED) is 0.709. The molecular weight excluding hydrogens is 401 g/mol. The largest absolute Gasteiger partial charge is 0.468 e. The number of anilines is 1. The minimum atomic E-state index is -4.45. The fourth-order valence-electron chi connectivity index (χ4n) is 2.39. The summed E-state index contributed by atoms with van der Waals surface area (Å²) in [5.41, 5.74) is 2.13. The molecule has 0 unspecified atom stereocenters. The third-order valence-electron chi connectivity index (χ3n) is 4.01. The molecule has 2 amide bonds. The first kappa shape index (κ1) is 23.1. The second-order valence-corrected chi connectivity index (χ2v) is 7.06. The Morgan fingerprint density at radius 2 is 1.87 bits per heavy atom. The van der Waals surface area contributed by atoms with Gasteiger partial charge in [-0.15, -0.1) is 0 Å². The lowest BCUT2D eigenvalue weighted by molar-refractivity contribution is -0.154. The molecule has 0 fully saturated rings. The average molecular weight is 424 g/mol. The number of aromatic nitrogens is 2. The summed E-state index contributed by atoms with van der Waals surface area (Å²) in [6, 6.07) is 4.44. The van der Waals surface area contributed by atoms with E-state index in [0.29, 0.717) is 22.4 Å². The molecule has 0 spiro atoms. The van der Waals surface area contributed by atoms with Crippen LogP contribution in [0, 0.1) is 19.8 Å². The second-order valence-electron chi connectivity index (χ2n) is 7.06. The third-order valence-corrected chi connectivity index (χ3v) is 4.01. The Balaban J connectivity index is 2.03. The Hall–Kier alpha value is -3.17. The SMILES string of the molecule is Cc1cc(C(=O)NCc2cnc(OCC(F)(F)F)cc2C)cc(NC(=O)C(C)C)n1. The zero-order valence-electron chi connectivity index (χ0n) is 17.1. The van der Waals surface area contributed by atoms with Gasteiger partial charge in [0.25, 0.3) is 5.91 Å². The molecule has 2 heterocycles. The maximum absolute atomic E-state index is 12.5. The van der Waals surface area contributed by atoms with Crippen molar-refractivity contribution in [3.8, 4) is 5.88 Å². The number of carbonyl (C=O) groups excluding carboxylic acids is 2. The Morgan fingerprint density at radius 3 is 2.47 bits per heavy atom. The molecular formula is C20H23F3N4O3. The highest BCUT2D eigenvalue weighted by atomic mass is 19.4. The minimum absolute atomic E-state index is 0.117. The Bertz CT molecular complexity index is 930. The lowest BCUT2D eigenvalue weighted by Crippen LogP contribution is -2.24. The zero-order valence-corrected chi connectivity index (χ0v) is 17.1. The summed E-state index contributed by atoms with van der Waals surface area (Å²) in [5.74, 6) is -0.701. The molecule has 2 aromatic rings. The van der Waals surface area contributed by atoms with E-state index in [2.05, 4.69) is 25.3 Å². The van der Waals surface area contributed by atoms with Crippen molar-refractivity contribution < 1.29 is 27.5 Å². The van der Waals surface area contributed by atoms with Gasteiger partial charge in [0.05, 0.1) is 0 Å². The van der Waals surface area contributed by atoms with Gasteiger partial charge in [-0.25, -0.2) is 9.97 Å². The molecule has 0 saturated carbocycles. The third kappa shape index (κ3) is 7.02. The molecule has 0 radical (unpaired) electrons. The zero-order chi connectivity index (χ0) is 22.5. The Morgan fingerprint density at radius 1 is 1.17 bits per heavy atom. The van der Waals surface area contributed by atoms with E-state index in [1.165, 1.54) is 18.3 Å². The van der Waals surface area contributed by atoms with Crippen LogP contribution in [0.2, 0.25) is 0 Å². The highest BCUT2D eigenvalue weighted by molar-refractivity contribution is 5.97. The van der Waals surface area contributed by atoms with E-state index in [1.54, 1.807) is 33.8 Å². The summed E-state index contributed by atoms with van der Waals surface area (Å²) in [6.07, 6.45) is -3.09. The lowest BCUT2D eigenvalue weighted by Gasteiger charge is -2.12. The van der Waals surface area contributed by atoms with Crippen molar-refractivity contribution in [2.75, 3.05) is 11.9 Å². The van der Waals surface area contributed by atoms with Gasteiger partial charge in [-0.3, -0.25) is 9.59 Å². The summed E-state index contributed by atoms with van der Waals surface area (Å²) in [4.78, 5) is 32.4. The van der Waals surface area contributed by atoms with Gasteiger partial charge in [0.1, 0.15) is 5.82 Å². The molecule has 2 rings (SSSR count). The van der Waals surface area contributed by atoms with Crippen LogP contribution in [0.4, 0.5) is 19.0 Å². The smallest absolute Gasteiger partial charge is 0.422 e. The molecule has 2 aromatic heterocycles. The molecule has 0 aliphatic carbocycles. The van der Waals surface area contributed by atoms with Gasteiger partial charge in [0, 0.05) is 36.0 Å². The molecule has 0 aliphatic heterocycles. The van der Waals surface area contributed by atoms with Crippen molar-refractivity contribution in [1.82, 2.24) is 15.3 Å². The van der Waals surface area contributed by atoms with E-state index in [-0.39, 0.29) is 30.1 Å². The molecule has 0 aliphatic rings. The molecule has 2 N–H and O–H groups in total. The van der Waals surface area contributed by atoms with Gasteiger partial charge in [-0.1, -0.05) is 13.8 Å². The summed E-state index contributed by atoms with van der Waals surface area (Å²) in [7, 11) is 0. The number of rotatable bonds is 7. The van der Waals surface area contributed by atoms with Crippen LogP contribution in [0.15, 0.2) is 24.4 Å². The highest BCUT2D eigenvalue weighted by Gasteiger charge is 2.28. The number of nitrogens with one attached hydrogen (secondary N) is 2. The van der Waals surface area contributed by atoms with Gasteiger partial charge < -0.3 is 15.4 Å². The van der Waals surface area contributed by atoms with Crippen LogP contribution in [-0.4, -0.2) is 34.6 Å². The van der Waals surface area contributed by atoms with Crippen LogP contribution in [0.25, 0.3) is 0 Å². The van der Waals surface area contributed by atoms with Crippen molar-refractivity contribution in [2.45, 2.75) is 40.4 Å². The topological polar surface area (TPSA) is 93.2 Å². The molecule has 0 saturated heterocycles. The van der Waals surface area contributed by atoms with E-state index < -0.39 is 18.7 Å². The first-order valence-corrected chi connectivity index (χ1v) is 9.17. The van der Waals surface area contributed by atoms with Gasteiger partial charge in [-0.2, -0.15) is 13.2 Å². The van der Waals surface area contributed by atoms with Crippen LogP contribution >= 0.6 is 0 Å². The molecule has 0 atom stereocenters. The predicted octanol–water partition coefficient (Wildman–Crippen LogP) is 3.56. The normalized spacial score (nSPS) is 11.3. The molecule has 10 heteroatoms. The second kappa shape index (κ2) is 9.55. The number of hydrogen-bond donors (Lipinski definition) is 2. The van der Waals surface area contributed by atoms with Crippen molar-refractivity contribution in [2.24, 2.45) is 5.92 Å². The predicted molar refractivity (Wildman–Crippen MR) is 104 cm³/mol. The van der Waals surface area contributed by atoms with Gasteiger partial charge in [0.15, 0.2) is 6.61 Å². The summed E-state index contributed by atoms with van der Waals surface area (Å²) < 4.78 is 41.3. The summed E-state index contributed by atoms with van der Waals surface area (Å²) >= 11 is 0. The minimum Gasteiger partial charge on any atom is -0.468 e. The standard InChI is InChI=1S/C20H23F3N4O3/c1-11(2)18(28)27-16-7-14(6-13(4)26-16)19(29)25-9-15-8-24-17(5-12(15)3)30-10-20(21,22)23/h5-8,11H,9-10H2,1-4H3,(H,25,29)(H,26,27,28). The summed E-state index contributed by atoms with van der Waals surface area (Å²) in [5, 5.41) is 5.38. The van der Waals surface area contributed by atoms with Gasteiger partial charge >= 0.3 is 6.18 Å². The van der Waals surface area contributed by atoms with E-state index >= 15 is 0 Å². The fraction of sp³-hybridized carbons (Fsp3) is 0.400. The first-order chi connectivity index (χ1) is 13.9. The van der Waals surface area contributed by atoms with Crippen molar-refractivity contribution in [3.63, 3.8) is 0 Å². The van der Waals surface area contributed by atoms with Crippen molar-refractivity contribution in [1.29, 1.82) is 0 Å². The number of carbonyl (C=O) groups is 2. The molecule has 0 bridgehead atoms. The number of nitrogens with zero attached hydrogens (tertiary/aromatic N) is 2. The van der Waals surface area contributed by atoms with Gasteiger partial charge in [0.2, 0.25) is 11.8 Å². The number of hydrogen-bond acceptors (Lipinski definition) is 5. The van der Waals surface area contributed by atoms with E-state index in [1.807, 2.05) is 0 Å². The number of alkyl halides is 3. The highest BCUT2D eigenvalue weighted by Crippen LogP contribution is 2.19. The van der Waals surface area contributed by atoms with Gasteiger partial charge in [-0.05, 0) is 37.1 Å². The molecule has 162 valence electrons. The summed E-state index contributed by atoms with van der Waals surface area (Å²) in [6.45, 7) is 5.57. The molecule has 7 nitrogen and oxygen atoms in total. The van der Waals surface area contributed by atoms with Crippen LogP contribution in [-0.2, 0) is 11.3 Å². The van der Waals surface area contributed by atoms with Crippen LogP contribution in [0.5, 0.6) is 5.88 Å². The molecule has 0 aromatic carbocycles. The number of aryl methyl sites for hydroxylation is 2. The Labute approximate surface area is 172 Å². The number of ether oxygens (including phenoxy) is 1.